The summed E-state index contributed by atoms with van der Waals surface area (Å²) in [5.74, 6) is 1.25. The lowest BCUT2D eigenvalue weighted by Crippen LogP contribution is -2.01. The summed E-state index contributed by atoms with van der Waals surface area (Å²) >= 11 is 5.93. The van der Waals surface area contributed by atoms with Gasteiger partial charge in [-0.3, -0.25) is 0 Å². The summed E-state index contributed by atoms with van der Waals surface area (Å²) in [6.07, 6.45) is 0. The maximum Gasteiger partial charge on any atom is 0.219 e. The van der Waals surface area contributed by atoms with Gasteiger partial charge in [-0.1, -0.05) is 23.7 Å². The van der Waals surface area contributed by atoms with Crippen LogP contribution in [0.15, 0.2) is 36.4 Å². The van der Waals surface area contributed by atoms with Gasteiger partial charge < -0.3 is 10.5 Å². The highest BCUT2D eigenvalue weighted by Gasteiger charge is 2.04. The van der Waals surface area contributed by atoms with Crippen LogP contribution in [0.3, 0.4) is 0 Å². The zero-order chi connectivity index (χ0) is 12.3. The summed E-state index contributed by atoms with van der Waals surface area (Å²) in [6, 6.07) is 11.2. The van der Waals surface area contributed by atoms with Crippen LogP contribution in [-0.2, 0) is 6.54 Å². The second-order valence-electron chi connectivity index (χ2n) is 3.70. The zero-order valence-corrected chi connectivity index (χ0v) is 10.2. The van der Waals surface area contributed by atoms with Crippen LogP contribution in [0, 0.1) is 6.92 Å². The standard InChI is InChI=1S/C13H13ClN2O/c1-9-3-2-4-10(7-9)17-13-6-5-11(14)12(8-15)16-13/h2-7H,8,15H2,1H3. The number of benzene rings is 1. The molecule has 1 heterocycles. The zero-order valence-electron chi connectivity index (χ0n) is 9.48. The number of ether oxygens (including phenoxy) is 1. The minimum Gasteiger partial charge on any atom is -0.439 e. The van der Waals surface area contributed by atoms with Crippen LogP contribution in [0.25, 0.3) is 0 Å². The molecule has 0 bridgehead atoms. The molecule has 0 spiro atoms. The maximum absolute atomic E-state index is 5.93. The first kappa shape index (κ1) is 11.9. The molecule has 1 aromatic carbocycles. The third-order valence-corrected chi connectivity index (χ3v) is 2.64. The highest BCUT2D eigenvalue weighted by molar-refractivity contribution is 6.31. The molecule has 0 aliphatic carbocycles. The average Bonchev–Trinajstić information content (AvgIpc) is 2.32. The number of nitrogens with zero attached hydrogens (tertiary/aromatic N) is 1. The van der Waals surface area contributed by atoms with E-state index in [-0.39, 0.29) is 0 Å². The van der Waals surface area contributed by atoms with E-state index in [1.165, 1.54) is 0 Å². The van der Waals surface area contributed by atoms with Gasteiger partial charge in [-0.15, -0.1) is 0 Å². The maximum atomic E-state index is 5.93. The van der Waals surface area contributed by atoms with Crippen molar-refractivity contribution in [3.05, 3.63) is 52.7 Å². The van der Waals surface area contributed by atoms with E-state index in [0.717, 1.165) is 11.3 Å². The van der Waals surface area contributed by atoms with E-state index in [1.54, 1.807) is 12.1 Å². The highest BCUT2D eigenvalue weighted by atomic mass is 35.5. The minimum atomic E-state index is 0.295. The van der Waals surface area contributed by atoms with E-state index in [9.17, 15) is 0 Å². The van der Waals surface area contributed by atoms with Crippen LogP contribution in [0.1, 0.15) is 11.3 Å². The number of halogens is 1. The number of rotatable bonds is 3. The van der Waals surface area contributed by atoms with Crippen molar-refractivity contribution in [2.75, 3.05) is 0 Å². The quantitative estimate of drug-likeness (QED) is 0.907. The Balaban J connectivity index is 2.24. The fourth-order valence-corrected chi connectivity index (χ4v) is 1.65. The Kier molecular flexibility index (Phi) is 3.61. The second kappa shape index (κ2) is 5.17. The lowest BCUT2D eigenvalue weighted by Gasteiger charge is -2.07. The molecule has 4 heteroatoms. The SMILES string of the molecule is Cc1cccc(Oc2ccc(Cl)c(CN)n2)c1. The Hall–Kier alpha value is -1.58. The third kappa shape index (κ3) is 2.96. The first-order valence-electron chi connectivity index (χ1n) is 5.29. The molecule has 2 rings (SSSR count). The van der Waals surface area contributed by atoms with Crippen molar-refractivity contribution in [1.82, 2.24) is 4.98 Å². The minimum absolute atomic E-state index is 0.295. The normalized spacial score (nSPS) is 10.3. The summed E-state index contributed by atoms with van der Waals surface area (Å²) < 4.78 is 5.63. The van der Waals surface area contributed by atoms with Gasteiger partial charge in [-0.2, -0.15) is 0 Å². The van der Waals surface area contributed by atoms with E-state index in [1.807, 2.05) is 31.2 Å². The molecule has 0 radical (unpaired) electrons. The molecule has 0 saturated carbocycles. The number of aromatic nitrogens is 1. The summed E-state index contributed by atoms with van der Waals surface area (Å²) in [6.45, 7) is 2.30. The number of hydrogen-bond donors (Lipinski definition) is 1. The monoisotopic (exact) mass is 248 g/mol. The van der Waals surface area contributed by atoms with E-state index in [0.29, 0.717) is 23.1 Å². The number of hydrogen-bond acceptors (Lipinski definition) is 3. The van der Waals surface area contributed by atoms with Crippen LogP contribution in [0.4, 0.5) is 0 Å². The average molecular weight is 249 g/mol. The van der Waals surface area contributed by atoms with Gasteiger partial charge in [0.15, 0.2) is 0 Å². The Labute approximate surface area is 105 Å². The van der Waals surface area contributed by atoms with Crippen LogP contribution in [0.5, 0.6) is 11.6 Å². The Morgan fingerprint density at radius 2 is 2.12 bits per heavy atom. The van der Waals surface area contributed by atoms with Crippen molar-refractivity contribution in [1.29, 1.82) is 0 Å². The van der Waals surface area contributed by atoms with Gasteiger partial charge in [0.05, 0.1) is 10.7 Å². The molecule has 2 aromatic rings. The van der Waals surface area contributed by atoms with Gasteiger partial charge in [0.25, 0.3) is 0 Å². The van der Waals surface area contributed by atoms with Crippen molar-refractivity contribution < 1.29 is 4.74 Å². The van der Waals surface area contributed by atoms with E-state index >= 15 is 0 Å². The molecule has 0 fully saturated rings. The van der Waals surface area contributed by atoms with E-state index < -0.39 is 0 Å². The van der Waals surface area contributed by atoms with Gasteiger partial charge in [0.1, 0.15) is 5.75 Å². The lowest BCUT2D eigenvalue weighted by atomic mass is 10.2. The Morgan fingerprint density at radius 3 is 2.82 bits per heavy atom. The third-order valence-electron chi connectivity index (χ3n) is 2.30. The molecular formula is C13H13ClN2O. The molecule has 0 amide bonds. The first-order valence-corrected chi connectivity index (χ1v) is 5.67. The van der Waals surface area contributed by atoms with Gasteiger partial charge in [-0.25, -0.2) is 4.98 Å². The van der Waals surface area contributed by atoms with Gasteiger partial charge >= 0.3 is 0 Å². The topological polar surface area (TPSA) is 48.1 Å². The van der Waals surface area contributed by atoms with Crippen molar-refractivity contribution in [2.24, 2.45) is 5.73 Å². The lowest BCUT2D eigenvalue weighted by molar-refractivity contribution is 0.460. The Morgan fingerprint density at radius 1 is 1.29 bits per heavy atom. The molecule has 0 unspecified atom stereocenters. The van der Waals surface area contributed by atoms with Crippen LogP contribution >= 0.6 is 11.6 Å². The first-order chi connectivity index (χ1) is 8.19. The van der Waals surface area contributed by atoms with Crippen molar-refractivity contribution in [2.45, 2.75) is 13.5 Å². The number of nitrogens with two attached hydrogens (primary N) is 1. The molecular weight excluding hydrogens is 236 g/mol. The molecule has 0 aliphatic heterocycles. The predicted octanol–water partition coefficient (Wildman–Crippen LogP) is 3.29. The molecule has 0 aliphatic rings. The molecule has 2 N–H and O–H groups in total. The van der Waals surface area contributed by atoms with E-state index in [2.05, 4.69) is 4.98 Å². The van der Waals surface area contributed by atoms with Crippen LogP contribution in [0.2, 0.25) is 5.02 Å². The van der Waals surface area contributed by atoms with Crippen LogP contribution < -0.4 is 10.5 Å². The van der Waals surface area contributed by atoms with Gasteiger partial charge in [0, 0.05) is 12.6 Å². The molecule has 0 saturated heterocycles. The molecule has 1 aromatic heterocycles. The fraction of sp³-hybridized carbons (Fsp3) is 0.154. The largest absolute Gasteiger partial charge is 0.439 e. The van der Waals surface area contributed by atoms with Crippen molar-refractivity contribution in [3.63, 3.8) is 0 Å². The molecule has 17 heavy (non-hydrogen) atoms. The molecule has 88 valence electrons. The number of pyridine rings is 1. The van der Waals surface area contributed by atoms with Crippen molar-refractivity contribution in [3.8, 4) is 11.6 Å². The summed E-state index contributed by atoms with van der Waals surface area (Å²) in [5, 5.41) is 0.559. The van der Waals surface area contributed by atoms with Crippen molar-refractivity contribution >= 4 is 11.6 Å². The van der Waals surface area contributed by atoms with Gasteiger partial charge in [-0.05, 0) is 30.7 Å². The van der Waals surface area contributed by atoms with Gasteiger partial charge in [0.2, 0.25) is 5.88 Å². The Bertz CT molecular complexity index is 529. The fourth-order valence-electron chi connectivity index (χ4n) is 1.46. The molecule has 0 atom stereocenters. The molecule has 3 nitrogen and oxygen atoms in total. The summed E-state index contributed by atoms with van der Waals surface area (Å²) in [7, 11) is 0. The highest BCUT2D eigenvalue weighted by Crippen LogP contribution is 2.23. The predicted molar refractivity (Wildman–Crippen MR) is 68.4 cm³/mol. The summed E-state index contributed by atoms with van der Waals surface area (Å²) in [4.78, 5) is 4.24. The van der Waals surface area contributed by atoms with Crippen LogP contribution in [-0.4, -0.2) is 4.98 Å². The second-order valence-corrected chi connectivity index (χ2v) is 4.11. The number of aryl methyl sites for hydroxylation is 1. The smallest absolute Gasteiger partial charge is 0.219 e. The van der Waals surface area contributed by atoms with E-state index in [4.69, 9.17) is 22.1 Å². The summed E-state index contributed by atoms with van der Waals surface area (Å²) in [5.41, 5.74) is 7.31.